The van der Waals surface area contributed by atoms with Crippen LogP contribution in [0.25, 0.3) is 0 Å². The summed E-state index contributed by atoms with van der Waals surface area (Å²) in [5.41, 5.74) is 4.13. The Bertz CT molecular complexity index is 661. The molecule has 1 aromatic rings. The summed E-state index contributed by atoms with van der Waals surface area (Å²) >= 11 is 0. The van der Waals surface area contributed by atoms with Crippen molar-refractivity contribution in [3.63, 3.8) is 0 Å². The van der Waals surface area contributed by atoms with Gasteiger partial charge in [0.25, 0.3) is 0 Å². The molecule has 0 amide bonds. The second kappa shape index (κ2) is 7.72. The van der Waals surface area contributed by atoms with E-state index in [2.05, 4.69) is 67.5 Å². The summed E-state index contributed by atoms with van der Waals surface area (Å²) in [6, 6.07) is 8.08. The van der Waals surface area contributed by atoms with E-state index in [1.54, 1.807) is 7.11 Å². The quantitative estimate of drug-likeness (QED) is 0.530. The highest BCUT2D eigenvalue weighted by molar-refractivity contribution is 6.93. The first-order valence-electron chi connectivity index (χ1n) is 9.99. The van der Waals surface area contributed by atoms with Crippen molar-refractivity contribution in [1.82, 2.24) is 0 Å². The lowest BCUT2D eigenvalue weighted by atomic mass is 9.86. The average Bonchev–Trinajstić information content (AvgIpc) is 2.78. The van der Waals surface area contributed by atoms with Crippen LogP contribution in [0.1, 0.15) is 66.9 Å². The predicted molar refractivity (Wildman–Crippen MR) is 114 cm³/mol. The van der Waals surface area contributed by atoms with Crippen molar-refractivity contribution in [2.24, 2.45) is 5.92 Å². The van der Waals surface area contributed by atoms with Crippen LogP contribution < -0.4 is 4.74 Å². The van der Waals surface area contributed by atoms with Gasteiger partial charge in [0.1, 0.15) is 5.75 Å². The van der Waals surface area contributed by atoms with Crippen molar-refractivity contribution in [3.8, 4) is 5.75 Å². The van der Waals surface area contributed by atoms with Crippen LogP contribution in [0.5, 0.6) is 5.75 Å². The van der Waals surface area contributed by atoms with Crippen molar-refractivity contribution in [3.05, 3.63) is 40.6 Å². The summed E-state index contributed by atoms with van der Waals surface area (Å²) < 4.78 is 5.29. The molecule has 0 spiro atoms. The number of ether oxygens (including phenoxy) is 1. The summed E-state index contributed by atoms with van der Waals surface area (Å²) in [7, 11) is -0.273. The van der Waals surface area contributed by atoms with Crippen molar-refractivity contribution in [2.45, 2.75) is 77.9 Å². The maximum Gasteiger partial charge on any atom is 0.162 e. The molecule has 0 heterocycles. The van der Waals surface area contributed by atoms with Gasteiger partial charge in [0, 0.05) is 0 Å². The molecule has 2 rings (SSSR count). The zero-order chi connectivity index (χ0) is 19.8. The standard InChI is InChI=1S/C23H36O2Si/c1-14(2)26(15(3)4,16(5)6)23-18(8)17(7)21(22(23)24)19-10-12-20(25-9)13-11-19/h10-17,21H,1-9H3/t17-,21-/m1/s1. The second-order valence-electron chi connectivity index (χ2n) is 8.86. The van der Waals surface area contributed by atoms with Gasteiger partial charge in [-0.25, -0.2) is 0 Å². The lowest BCUT2D eigenvalue weighted by molar-refractivity contribution is -0.116. The molecule has 1 aliphatic rings. The van der Waals surface area contributed by atoms with Crippen LogP contribution in [0.2, 0.25) is 16.6 Å². The SMILES string of the molecule is COc1ccc([C@@H]2C(=O)C([Si](C(C)C)(C(C)C)C(C)C)=C(C)[C@H]2C)cc1. The predicted octanol–water partition coefficient (Wildman–Crippen LogP) is 6.53. The topological polar surface area (TPSA) is 26.3 Å². The summed E-state index contributed by atoms with van der Waals surface area (Å²) in [5, 5.41) is 1.24. The Kier molecular flexibility index (Phi) is 6.22. The van der Waals surface area contributed by atoms with Crippen molar-refractivity contribution < 1.29 is 9.53 Å². The van der Waals surface area contributed by atoms with E-state index in [1.165, 1.54) is 10.8 Å². The van der Waals surface area contributed by atoms with E-state index < -0.39 is 8.07 Å². The number of carbonyl (C=O) groups excluding carboxylic acids is 1. The first-order valence-corrected chi connectivity index (χ1v) is 12.2. The van der Waals surface area contributed by atoms with E-state index in [1.807, 2.05) is 12.1 Å². The fourth-order valence-electron chi connectivity index (χ4n) is 5.73. The fraction of sp³-hybridized carbons (Fsp3) is 0.609. The van der Waals surface area contributed by atoms with Crippen molar-refractivity contribution in [1.29, 1.82) is 0 Å². The van der Waals surface area contributed by atoms with Gasteiger partial charge in [0.05, 0.1) is 21.1 Å². The van der Waals surface area contributed by atoms with Crippen LogP contribution in [0.4, 0.5) is 0 Å². The van der Waals surface area contributed by atoms with Gasteiger partial charge in [0.15, 0.2) is 5.78 Å². The number of hydrogen-bond acceptors (Lipinski definition) is 2. The van der Waals surface area contributed by atoms with Gasteiger partial charge in [-0.3, -0.25) is 4.79 Å². The largest absolute Gasteiger partial charge is 0.497 e. The lowest BCUT2D eigenvalue weighted by Crippen LogP contribution is -2.49. The van der Waals surface area contributed by atoms with Crippen LogP contribution in [-0.4, -0.2) is 21.0 Å². The van der Waals surface area contributed by atoms with Crippen molar-refractivity contribution >= 4 is 13.9 Å². The number of benzene rings is 1. The molecule has 0 radical (unpaired) electrons. The molecule has 0 aromatic heterocycles. The first-order chi connectivity index (χ1) is 12.1. The molecule has 0 fully saturated rings. The minimum absolute atomic E-state index is 0.0426. The molecule has 0 unspecified atom stereocenters. The second-order valence-corrected chi connectivity index (χ2v) is 14.7. The third-order valence-electron chi connectivity index (χ3n) is 6.88. The molecule has 0 saturated heterocycles. The maximum atomic E-state index is 13.8. The minimum Gasteiger partial charge on any atom is -0.497 e. The van der Waals surface area contributed by atoms with Gasteiger partial charge in [-0.15, -0.1) is 0 Å². The van der Waals surface area contributed by atoms with E-state index in [0.717, 1.165) is 11.3 Å². The van der Waals surface area contributed by atoms with Crippen molar-refractivity contribution in [2.75, 3.05) is 7.11 Å². The highest BCUT2D eigenvalue weighted by Crippen LogP contribution is 2.53. The number of Topliss-reactive ketones (excluding diaryl/α,β-unsaturated/α-hetero) is 1. The summed E-state index contributed by atoms with van der Waals surface area (Å²) in [4.78, 5) is 13.8. The zero-order valence-corrected chi connectivity index (χ0v) is 19.0. The Morgan fingerprint density at radius 3 is 1.77 bits per heavy atom. The van der Waals surface area contributed by atoms with Gasteiger partial charge in [-0.05, 0) is 52.4 Å². The number of allylic oxidation sites excluding steroid dienone is 2. The van der Waals surface area contributed by atoms with E-state index >= 15 is 0 Å². The van der Waals surface area contributed by atoms with Gasteiger partial charge in [-0.2, -0.15) is 0 Å². The Labute approximate surface area is 161 Å². The minimum atomic E-state index is -1.95. The Morgan fingerprint density at radius 2 is 1.38 bits per heavy atom. The van der Waals surface area contributed by atoms with Gasteiger partial charge < -0.3 is 4.74 Å². The Hall–Kier alpha value is -1.35. The van der Waals surface area contributed by atoms with E-state index in [4.69, 9.17) is 4.74 Å². The Morgan fingerprint density at radius 1 is 0.923 bits per heavy atom. The van der Waals surface area contributed by atoms with E-state index in [-0.39, 0.29) is 11.8 Å². The summed E-state index contributed by atoms with van der Waals surface area (Å²) in [6.45, 7) is 18.5. The molecule has 0 N–H and O–H groups in total. The van der Waals surface area contributed by atoms with E-state index in [9.17, 15) is 4.79 Å². The molecule has 1 aromatic carbocycles. The highest BCUT2D eigenvalue weighted by atomic mass is 28.3. The number of hydrogen-bond donors (Lipinski definition) is 0. The number of rotatable bonds is 6. The number of ketones is 1. The molecule has 1 aliphatic carbocycles. The van der Waals surface area contributed by atoms with Gasteiger partial charge in [0.2, 0.25) is 0 Å². The third kappa shape index (κ3) is 3.09. The summed E-state index contributed by atoms with van der Waals surface area (Å²) in [6.07, 6.45) is 0. The van der Waals surface area contributed by atoms with Gasteiger partial charge in [-0.1, -0.05) is 66.2 Å². The van der Waals surface area contributed by atoms with Crippen LogP contribution in [-0.2, 0) is 4.79 Å². The van der Waals surface area contributed by atoms with Crippen LogP contribution in [0, 0.1) is 5.92 Å². The number of methoxy groups -OCH3 is 1. The van der Waals surface area contributed by atoms with Gasteiger partial charge >= 0.3 is 0 Å². The molecule has 2 nitrogen and oxygen atoms in total. The highest BCUT2D eigenvalue weighted by Gasteiger charge is 2.53. The molecule has 0 aliphatic heterocycles. The Balaban J connectivity index is 2.57. The molecular formula is C23H36O2Si. The molecule has 0 saturated carbocycles. The number of carbonyl (C=O) groups is 1. The lowest BCUT2D eigenvalue weighted by Gasteiger charge is -2.44. The normalized spacial score (nSPS) is 21.5. The van der Waals surface area contributed by atoms with Crippen LogP contribution in [0.3, 0.4) is 0 Å². The maximum absolute atomic E-state index is 13.8. The molecular weight excluding hydrogens is 336 g/mol. The van der Waals surface area contributed by atoms with Crippen LogP contribution in [0.15, 0.2) is 35.0 Å². The zero-order valence-electron chi connectivity index (χ0n) is 18.0. The monoisotopic (exact) mass is 372 g/mol. The molecule has 0 bridgehead atoms. The molecule has 2 atom stereocenters. The molecule has 26 heavy (non-hydrogen) atoms. The summed E-state index contributed by atoms with van der Waals surface area (Å²) in [5.74, 6) is 1.46. The smallest absolute Gasteiger partial charge is 0.162 e. The van der Waals surface area contributed by atoms with E-state index in [0.29, 0.717) is 22.4 Å². The molecule has 3 heteroatoms. The van der Waals surface area contributed by atoms with Crippen LogP contribution >= 0.6 is 0 Å². The molecule has 144 valence electrons. The fourth-order valence-corrected chi connectivity index (χ4v) is 13.0. The first kappa shape index (κ1) is 21.0. The average molecular weight is 373 g/mol. The third-order valence-corrected chi connectivity index (χ3v) is 14.1.